The Labute approximate surface area is 182 Å². The van der Waals surface area contributed by atoms with Crippen molar-refractivity contribution in [2.75, 3.05) is 42.6 Å². The van der Waals surface area contributed by atoms with E-state index in [1.165, 1.54) is 6.33 Å². The number of piperazine rings is 1. The van der Waals surface area contributed by atoms with Crippen molar-refractivity contribution < 1.29 is 13.5 Å². The number of nitrogens with zero attached hydrogens (tertiary/aromatic N) is 8. The molecule has 0 bridgehead atoms. The molecule has 1 saturated heterocycles. The van der Waals surface area contributed by atoms with Crippen LogP contribution in [-0.4, -0.2) is 68.9 Å². The highest BCUT2D eigenvalue weighted by Crippen LogP contribution is 2.28. The van der Waals surface area contributed by atoms with Gasteiger partial charge in [0.1, 0.15) is 12.1 Å². The lowest BCUT2D eigenvalue weighted by Crippen LogP contribution is -2.47. The fraction of sp³-hybridized carbons (Fsp3) is 0.286. The Morgan fingerprint density at radius 1 is 1.00 bits per heavy atom. The van der Waals surface area contributed by atoms with Gasteiger partial charge in [-0.3, -0.25) is 4.98 Å². The van der Waals surface area contributed by atoms with Gasteiger partial charge < -0.3 is 14.5 Å². The topological polar surface area (TPSA) is 85.1 Å². The quantitative estimate of drug-likeness (QED) is 0.454. The van der Waals surface area contributed by atoms with Crippen LogP contribution in [0.4, 0.5) is 20.3 Å². The van der Waals surface area contributed by atoms with Gasteiger partial charge >= 0.3 is 0 Å². The summed E-state index contributed by atoms with van der Waals surface area (Å²) < 4.78 is 32.0. The Kier molecular flexibility index (Phi) is 5.44. The molecule has 0 unspecified atom stereocenters. The van der Waals surface area contributed by atoms with E-state index in [2.05, 4.69) is 34.8 Å². The van der Waals surface area contributed by atoms with Crippen molar-refractivity contribution in [3.63, 3.8) is 0 Å². The molecular weight excluding hydrogens is 418 g/mol. The molecule has 0 aliphatic carbocycles. The minimum atomic E-state index is -2.56. The van der Waals surface area contributed by atoms with Crippen molar-refractivity contribution >= 4 is 22.4 Å². The monoisotopic (exact) mass is 438 g/mol. The molecule has 0 radical (unpaired) electrons. The third-order valence-electron chi connectivity index (χ3n) is 5.25. The molecule has 0 amide bonds. The van der Waals surface area contributed by atoms with Crippen LogP contribution in [0.25, 0.3) is 16.7 Å². The summed E-state index contributed by atoms with van der Waals surface area (Å²) in [5, 5.41) is 4.82. The zero-order chi connectivity index (χ0) is 21.9. The SMILES string of the molecule is FC(F)COc1ncnc2ccc(N3CCN(c4cncc(-n5cccn5)n4)CC3)cc12. The van der Waals surface area contributed by atoms with E-state index in [0.717, 1.165) is 37.7 Å². The fourth-order valence-electron chi connectivity index (χ4n) is 3.68. The van der Waals surface area contributed by atoms with Crippen LogP contribution in [0.5, 0.6) is 5.88 Å². The Morgan fingerprint density at radius 2 is 1.81 bits per heavy atom. The first-order valence-electron chi connectivity index (χ1n) is 10.1. The first kappa shape index (κ1) is 20.0. The Balaban J connectivity index is 1.31. The first-order valence-corrected chi connectivity index (χ1v) is 10.1. The molecule has 4 heterocycles. The van der Waals surface area contributed by atoms with Gasteiger partial charge in [-0.05, 0) is 24.3 Å². The zero-order valence-corrected chi connectivity index (χ0v) is 17.1. The number of alkyl halides is 2. The maximum Gasteiger partial charge on any atom is 0.272 e. The highest BCUT2D eigenvalue weighted by Gasteiger charge is 2.20. The summed E-state index contributed by atoms with van der Waals surface area (Å²) in [5.41, 5.74) is 1.61. The maximum atomic E-state index is 12.6. The van der Waals surface area contributed by atoms with Gasteiger partial charge in [-0.1, -0.05) is 0 Å². The second-order valence-corrected chi connectivity index (χ2v) is 7.24. The molecule has 164 valence electrons. The van der Waals surface area contributed by atoms with Crippen molar-refractivity contribution in [3.8, 4) is 11.7 Å². The van der Waals surface area contributed by atoms with Crippen molar-refractivity contribution in [3.05, 3.63) is 55.4 Å². The number of ether oxygens (including phenoxy) is 1. The summed E-state index contributed by atoms with van der Waals surface area (Å²) in [5.74, 6) is 1.63. The van der Waals surface area contributed by atoms with Crippen molar-refractivity contribution in [1.29, 1.82) is 0 Å². The van der Waals surface area contributed by atoms with Gasteiger partial charge in [0.05, 0.1) is 23.3 Å². The average molecular weight is 438 g/mol. The highest BCUT2D eigenvalue weighted by molar-refractivity contribution is 5.86. The molecule has 0 saturated carbocycles. The number of halogens is 2. The summed E-state index contributed by atoms with van der Waals surface area (Å²) in [6.07, 6.45) is 5.71. The summed E-state index contributed by atoms with van der Waals surface area (Å²) in [7, 11) is 0. The van der Waals surface area contributed by atoms with E-state index in [0.29, 0.717) is 16.7 Å². The molecule has 1 aromatic carbocycles. The van der Waals surface area contributed by atoms with Crippen LogP contribution in [0.15, 0.2) is 55.4 Å². The number of aromatic nitrogens is 6. The molecule has 32 heavy (non-hydrogen) atoms. The van der Waals surface area contributed by atoms with Gasteiger partial charge in [-0.25, -0.2) is 28.4 Å². The normalized spacial score (nSPS) is 14.3. The molecule has 0 N–H and O–H groups in total. The Hall–Kier alpha value is -3.89. The van der Waals surface area contributed by atoms with E-state index in [1.807, 2.05) is 30.5 Å². The summed E-state index contributed by atoms with van der Waals surface area (Å²) >= 11 is 0. The number of benzene rings is 1. The third kappa shape index (κ3) is 4.13. The maximum absolute atomic E-state index is 12.6. The average Bonchev–Trinajstić information content (AvgIpc) is 3.38. The standard InChI is InChI=1S/C21H20F2N8O/c22-18(23)13-32-21-16-10-15(2-3-17(16)25-14-26-21)29-6-8-30(9-7-29)19-11-24-12-20(28-19)31-5-1-4-27-31/h1-5,10-12,14,18H,6-9,13H2. The van der Waals surface area contributed by atoms with Gasteiger partial charge in [-0.2, -0.15) is 5.10 Å². The van der Waals surface area contributed by atoms with Crippen LogP contribution in [0.3, 0.4) is 0 Å². The van der Waals surface area contributed by atoms with Gasteiger partial charge in [0, 0.05) is 44.3 Å². The smallest absolute Gasteiger partial charge is 0.272 e. The van der Waals surface area contributed by atoms with Crippen molar-refractivity contribution in [1.82, 2.24) is 29.7 Å². The summed E-state index contributed by atoms with van der Waals surface area (Å²) in [6.45, 7) is 2.35. The van der Waals surface area contributed by atoms with Crippen LogP contribution in [-0.2, 0) is 0 Å². The predicted molar refractivity (Wildman–Crippen MR) is 115 cm³/mol. The number of hydrogen-bond donors (Lipinski definition) is 0. The molecule has 11 heteroatoms. The van der Waals surface area contributed by atoms with E-state index in [4.69, 9.17) is 4.74 Å². The van der Waals surface area contributed by atoms with Crippen LogP contribution >= 0.6 is 0 Å². The Morgan fingerprint density at radius 3 is 2.59 bits per heavy atom. The number of anilines is 2. The van der Waals surface area contributed by atoms with Crippen LogP contribution in [0.2, 0.25) is 0 Å². The van der Waals surface area contributed by atoms with E-state index in [1.54, 1.807) is 23.3 Å². The predicted octanol–water partition coefficient (Wildman–Crippen LogP) is 2.58. The number of rotatable bonds is 6. The van der Waals surface area contributed by atoms with E-state index >= 15 is 0 Å². The fourth-order valence-corrected chi connectivity index (χ4v) is 3.68. The lowest BCUT2D eigenvalue weighted by Gasteiger charge is -2.36. The minimum absolute atomic E-state index is 0.168. The molecule has 4 aromatic rings. The largest absolute Gasteiger partial charge is 0.471 e. The summed E-state index contributed by atoms with van der Waals surface area (Å²) in [6, 6.07) is 7.56. The lowest BCUT2D eigenvalue weighted by atomic mass is 10.2. The van der Waals surface area contributed by atoms with E-state index < -0.39 is 13.0 Å². The molecule has 1 fully saturated rings. The summed E-state index contributed by atoms with van der Waals surface area (Å²) in [4.78, 5) is 21.6. The molecule has 5 rings (SSSR count). The van der Waals surface area contributed by atoms with Crippen LogP contribution < -0.4 is 14.5 Å². The Bertz CT molecular complexity index is 1200. The zero-order valence-electron chi connectivity index (χ0n) is 17.1. The van der Waals surface area contributed by atoms with Crippen molar-refractivity contribution in [2.45, 2.75) is 6.43 Å². The number of fused-ring (bicyclic) bond motifs is 1. The van der Waals surface area contributed by atoms with E-state index in [9.17, 15) is 8.78 Å². The number of hydrogen-bond acceptors (Lipinski definition) is 8. The van der Waals surface area contributed by atoms with E-state index in [-0.39, 0.29) is 5.88 Å². The highest BCUT2D eigenvalue weighted by atomic mass is 19.3. The molecular formula is C21H20F2N8O. The van der Waals surface area contributed by atoms with Gasteiger partial charge in [-0.15, -0.1) is 0 Å². The van der Waals surface area contributed by atoms with Gasteiger partial charge in [0.25, 0.3) is 6.43 Å². The second kappa shape index (κ2) is 8.69. The molecule has 3 aromatic heterocycles. The first-order chi connectivity index (χ1) is 15.7. The molecule has 9 nitrogen and oxygen atoms in total. The van der Waals surface area contributed by atoms with Gasteiger partial charge in [0.15, 0.2) is 12.4 Å². The minimum Gasteiger partial charge on any atom is -0.471 e. The molecule has 1 aliphatic rings. The van der Waals surface area contributed by atoms with Crippen molar-refractivity contribution in [2.24, 2.45) is 0 Å². The molecule has 0 spiro atoms. The van der Waals surface area contributed by atoms with Crippen LogP contribution in [0, 0.1) is 0 Å². The lowest BCUT2D eigenvalue weighted by molar-refractivity contribution is 0.0804. The van der Waals surface area contributed by atoms with Gasteiger partial charge in [0.2, 0.25) is 5.88 Å². The molecule has 0 atom stereocenters. The second-order valence-electron chi connectivity index (χ2n) is 7.24. The molecule has 1 aliphatic heterocycles. The van der Waals surface area contributed by atoms with Crippen LogP contribution in [0.1, 0.15) is 0 Å². The third-order valence-corrected chi connectivity index (χ3v) is 5.25.